The van der Waals surface area contributed by atoms with Crippen molar-refractivity contribution in [2.75, 3.05) is 0 Å². The van der Waals surface area contributed by atoms with Crippen molar-refractivity contribution in [1.82, 2.24) is 9.97 Å². The third kappa shape index (κ3) is 2.82. The molecule has 0 atom stereocenters. The minimum Gasteiger partial charge on any atom is -0.305 e. The zero-order chi connectivity index (χ0) is 16.5. The summed E-state index contributed by atoms with van der Waals surface area (Å²) in [5, 5.41) is 4.96. The van der Waals surface area contributed by atoms with Crippen LogP contribution in [0.3, 0.4) is 0 Å². The van der Waals surface area contributed by atoms with Gasteiger partial charge in [0.1, 0.15) is 4.83 Å². The highest BCUT2D eigenvalue weighted by molar-refractivity contribution is 7.17. The predicted octanol–water partition coefficient (Wildman–Crippen LogP) is 5.45. The second kappa shape index (κ2) is 6.36. The van der Waals surface area contributed by atoms with Crippen molar-refractivity contribution in [2.45, 2.75) is 0 Å². The Hall–Kier alpha value is -2.21. The Morgan fingerprint density at radius 2 is 1.96 bits per heavy atom. The molecular weight excluding hydrogens is 360 g/mol. The van der Waals surface area contributed by atoms with Gasteiger partial charge < -0.3 is 4.98 Å². The van der Waals surface area contributed by atoms with E-state index in [4.69, 9.17) is 11.6 Å². The van der Waals surface area contributed by atoms with Gasteiger partial charge in [-0.05, 0) is 23.1 Å². The van der Waals surface area contributed by atoms with Crippen LogP contribution in [0, 0.1) is 0 Å². The smallest absolute Gasteiger partial charge is 0.260 e. The third-order valence-corrected chi connectivity index (χ3v) is 5.55. The normalized spacial score (nSPS) is 12.0. The highest BCUT2D eigenvalue weighted by Gasteiger charge is 2.14. The van der Waals surface area contributed by atoms with Crippen LogP contribution in [0.5, 0.6) is 0 Å². The largest absolute Gasteiger partial charge is 0.305 e. The number of halogens is 1. The average molecular weight is 371 g/mol. The first-order chi connectivity index (χ1) is 11.7. The fourth-order valence-corrected chi connectivity index (χ4v) is 4.34. The Kier molecular flexibility index (Phi) is 4.06. The Morgan fingerprint density at radius 1 is 1.12 bits per heavy atom. The average Bonchev–Trinajstić information content (AvgIpc) is 3.25. The summed E-state index contributed by atoms with van der Waals surface area (Å²) in [6.45, 7) is 0. The summed E-state index contributed by atoms with van der Waals surface area (Å²) in [5.74, 6) is 0.393. The Morgan fingerprint density at radius 3 is 2.71 bits per heavy atom. The van der Waals surface area contributed by atoms with Crippen LogP contribution in [0.2, 0.25) is 0 Å². The fraction of sp³-hybridized carbons (Fsp3) is 0. The van der Waals surface area contributed by atoms with E-state index in [0.717, 1.165) is 16.0 Å². The summed E-state index contributed by atoms with van der Waals surface area (Å²) < 4.78 is 0. The molecule has 0 fully saturated rings. The van der Waals surface area contributed by atoms with E-state index in [1.54, 1.807) is 11.3 Å². The van der Waals surface area contributed by atoms with E-state index >= 15 is 0 Å². The molecule has 4 rings (SSSR count). The maximum atomic E-state index is 12.6. The van der Waals surface area contributed by atoms with E-state index in [0.29, 0.717) is 21.1 Å². The number of benzene rings is 1. The number of rotatable bonds is 3. The van der Waals surface area contributed by atoms with E-state index in [1.165, 1.54) is 11.3 Å². The molecule has 118 valence electrons. The number of nitrogens with zero attached hydrogens (tertiary/aromatic N) is 1. The van der Waals surface area contributed by atoms with Gasteiger partial charge in [0, 0.05) is 15.8 Å². The summed E-state index contributed by atoms with van der Waals surface area (Å²) in [7, 11) is 0. The second-order valence-corrected chi connectivity index (χ2v) is 7.36. The molecule has 0 bridgehead atoms. The number of aromatic amines is 1. The van der Waals surface area contributed by atoms with Crippen LogP contribution in [-0.4, -0.2) is 9.97 Å². The monoisotopic (exact) mass is 370 g/mol. The topological polar surface area (TPSA) is 45.8 Å². The van der Waals surface area contributed by atoms with Gasteiger partial charge in [-0.25, -0.2) is 4.98 Å². The lowest BCUT2D eigenvalue weighted by molar-refractivity contribution is 1.14. The van der Waals surface area contributed by atoms with Crippen LogP contribution < -0.4 is 5.56 Å². The molecule has 4 aromatic rings. The number of aromatic nitrogens is 2. The zero-order valence-electron chi connectivity index (χ0n) is 12.3. The van der Waals surface area contributed by atoms with Crippen LogP contribution in [-0.2, 0) is 0 Å². The van der Waals surface area contributed by atoms with Crippen molar-refractivity contribution in [3.8, 4) is 11.1 Å². The van der Waals surface area contributed by atoms with Crippen molar-refractivity contribution in [2.24, 2.45) is 0 Å². The number of thiophene rings is 2. The predicted molar refractivity (Wildman–Crippen MR) is 104 cm³/mol. The zero-order valence-corrected chi connectivity index (χ0v) is 14.7. The molecule has 3 heterocycles. The molecule has 3 nitrogen and oxygen atoms in total. The van der Waals surface area contributed by atoms with E-state index in [-0.39, 0.29) is 5.56 Å². The summed E-state index contributed by atoms with van der Waals surface area (Å²) in [5.41, 5.74) is 1.73. The molecule has 6 heteroatoms. The van der Waals surface area contributed by atoms with Gasteiger partial charge in [-0.15, -0.1) is 22.7 Å². The SMILES string of the molecule is O=c1[nH]c(/C(Cl)=C/c2cccs2)nc2scc(-c3ccccc3)c12. The number of hydrogen-bond donors (Lipinski definition) is 1. The van der Waals surface area contributed by atoms with Gasteiger partial charge in [0.2, 0.25) is 0 Å². The molecule has 0 unspecified atom stereocenters. The molecule has 0 spiro atoms. The summed E-state index contributed by atoms with van der Waals surface area (Å²) in [4.78, 5) is 21.6. The first kappa shape index (κ1) is 15.3. The third-order valence-electron chi connectivity index (χ3n) is 3.57. The minimum atomic E-state index is -0.173. The van der Waals surface area contributed by atoms with Crippen molar-refractivity contribution in [1.29, 1.82) is 0 Å². The number of H-pyrrole nitrogens is 1. The molecule has 0 saturated carbocycles. The van der Waals surface area contributed by atoms with Crippen LogP contribution in [0.15, 0.2) is 58.0 Å². The molecule has 24 heavy (non-hydrogen) atoms. The summed E-state index contributed by atoms with van der Waals surface area (Å²) >= 11 is 9.36. The van der Waals surface area contributed by atoms with Gasteiger partial charge in [-0.3, -0.25) is 4.79 Å². The number of hydrogen-bond acceptors (Lipinski definition) is 4. The lowest BCUT2D eigenvalue weighted by atomic mass is 10.1. The standard InChI is InChI=1S/C18H11ClN2OS2/c19-14(9-12-7-4-8-23-12)16-20-17(22)15-13(10-24-18(15)21-16)11-5-2-1-3-6-11/h1-10H,(H,20,21,22)/b14-9-. The molecule has 1 aromatic carbocycles. The van der Waals surface area contributed by atoms with Crippen LogP contribution in [0.4, 0.5) is 0 Å². The van der Waals surface area contributed by atoms with Gasteiger partial charge in [0.15, 0.2) is 5.82 Å². The number of fused-ring (bicyclic) bond motifs is 1. The van der Waals surface area contributed by atoms with Gasteiger partial charge >= 0.3 is 0 Å². The molecule has 1 N–H and O–H groups in total. The maximum Gasteiger partial charge on any atom is 0.260 e. The minimum absolute atomic E-state index is 0.173. The highest BCUT2D eigenvalue weighted by atomic mass is 35.5. The van der Waals surface area contributed by atoms with Crippen molar-refractivity contribution < 1.29 is 0 Å². The van der Waals surface area contributed by atoms with Gasteiger partial charge in [-0.2, -0.15) is 0 Å². The summed E-state index contributed by atoms with van der Waals surface area (Å²) in [6, 6.07) is 13.7. The van der Waals surface area contributed by atoms with Crippen LogP contribution >= 0.6 is 34.3 Å². The highest BCUT2D eigenvalue weighted by Crippen LogP contribution is 2.31. The lowest BCUT2D eigenvalue weighted by Crippen LogP contribution is -2.10. The molecule has 0 aliphatic heterocycles. The van der Waals surface area contributed by atoms with E-state index in [9.17, 15) is 4.79 Å². The van der Waals surface area contributed by atoms with Crippen molar-refractivity contribution in [3.05, 3.63) is 74.3 Å². The maximum absolute atomic E-state index is 12.6. The first-order valence-corrected chi connectivity index (χ1v) is 9.34. The van der Waals surface area contributed by atoms with Crippen LogP contribution in [0.1, 0.15) is 10.7 Å². The molecular formula is C18H11ClN2OS2. The lowest BCUT2D eigenvalue weighted by Gasteiger charge is -2.01. The Balaban J connectivity index is 1.84. The molecule has 0 aliphatic rings. The Bertz CT molecular complexity index is 1080. The van der Waals surface area contributed by atoms with Gasteiger partial charge in [0.05, 0.1) is 10.4 Å². The quantitative estimate of drug-likeness (QED) is 0.521. The van der Waals surface area contributed by atoms with E-state index < -0.39 is 0 Å². The van der Waals surface area contributed by atoms with Crippen molar-refractivity contribution in [3.63, 3.8) is 0 Å². The van der Waals surface area contributed by atoms with Crippen molar-refractivity contribution >= 4 is 55.6 Å². The first-order valence-electron chi connectivity index (χ1n) is 7.20. The van der Waals surface area contributed by atoms with E-state index in [2.05, 4.69) is 9.97 Å². The van der Waals surface area contributed by atoms with Crippen LogP contribution in [0.25, 0.3) is 32.5 Å². The van der Waals surface area contributed by atoms with E-state index in [1.807, 2.05) is 59.3 Å². The Labute approximate surface area is 150 Å². The second-order valence-electron chi connectivity index (χ2n) is 5.12. The molecule has 0 aliphatic carbocycles. The summed E-state index contributed by atoms with van der Waals surface area (Å²) in [6.07, 6.45) is 1.81. The molecule has 0 radical (unpaired) electrons. The molecule has 0 saturated heterocycles. The number of nitrogens with one attached hydrogen (secondary N) is 1. The molecule has 3 aromatic heterocycles. The molecule has 0 amide bonds. The van der Waals surface area contributed by atoms with Gasteiger partial charge in [0.25, 0.3) is 5.56 Å². The fourth-order valence-electron chi connectivity index (χ4n) is 2.46. The van der Waals surface area contributed by atoms with Gasteiger partial charge in [-0.1, -0.05) is 48.0 Å².